The Morgan fingerprint density at radius 2 is 2.13 bits per heavy atom. The van der Waals surface area contributed by atoms with E-state index in [1.54, 1.807) is 36.5 Å². The Morgan fingerprint density at radius 3 is 2.73 bits per heavy atom. The number of nitrogens with zero attached hydrogens (tertiary/aromatic N) is 3. The number of aromatic nitrogens is 2. The van der Waals surface area contributed by atoms with Gasteiger partial charge in [-0.05, 0) is 18.2 Å². The zero-order valence-electron chi connectivity index (χ0n) is 7.79. The average Bonchev–Trinajstić information content (AvgIpc) is 2.30. The minimum Gasteiger partial charge on any atom is -0.618 e. The molecule has 4 heteroatoms. The zero-order valence-corrected chi connectivity index (χ0v) is 7.79. The van der Waals surface area contributed by atoms with Crippen LogP contribution in [0.2, 0.25) is 0 Å². The molecule has 0 unspecified atom stereocenters. The fourth-order valence-electron chi connectivity index (χ4n) is 1.26. The van der Waals surface area contributed by atoms with Crippen LogP contribution in [0.15, 0.2) is 42.7 Å². The summed E-state index contributed by atoms with van der Waals surface area (Å²) in [7, 11) is 0. The second-order valence-corrected chi connectivity index (χ2v) is 2.96. The molecule has 0 aromatic carbocycles. The maximum atomic E-state index is 11.5. The minimum atomic E-state index is 0.338. The van der Waals surface area contributed by atoms with Gasteiger partial charge in [-0.2, -0.15) is 9.99 Å². The van der Waals surface area contributed by atoms with Crippen molar-refractivity contribution in [2.45, 2.75) is 0 Å². The fourth-order valence-corrected chi connectivity index (χ4v) is 1.26. The van der Waals surface area contributed by atoms with Gasteiger partial charge in [0.25, 0.3) is 0 Å². The summed E-state index contributed by atoms with van der Waals surface area (Å²) in [6.45, 7) is 0. The first kappa shape index (κ1) is 9.16. The van der Waals surface area contributed by atoms with E-state index < -0.39 is 0 Å². The van der Waals surface area contributed by atoms with Crippen LogP contribution in [0.3, 0.4) is 0 Å². The summed E-state index contributed by atoms with van der Waals surface area (Å²) in [6, 6.07) is 10.4. The smallest absolute Gasteiger partial charge is 0.242 e. The number of hydrogen-bond donors (Lipinski definition) is 0. The Kier molecular flexibility index (Phi) is 2.30. The van der Waals surface area contributed by atoms with E-state index in [-0.39, 0.29) is 0 Å². The third-order valence-corrected chi connectivity index (χ3v) is 1.97. The van der Waals surface area contributed by atoms with Crippen LogP contribution in [-0.2, 0) is 0 Å². The first-order chi connectivity index (χ1) is 7.31. The molecular weight excluding hydrogens is 190 g/mol. The molecule has 0 atom stereocenters. The molecule has 0 saturated carbocycles. The van der Waals surface area contributed by atoms with E-state index in [0.717, 1.165) is 0 Å². The van der Waals surface area contributed by atoms with E-state index >= 15 is 0 Å². The minimum absolute atomic E-state index is 0.338. The number of rotatable bonds is 1. The third kappa shape index (κ3) is 1.76. The van der Waals surface area contributed by atoms with Gasteiger partial charge in [-0.15, -0.1) is 0 Å². The monoisotopic (exact) mass is 197 g/mol. The summed E-state index contributed by atoms with van der Waals surface area (Å²) in [6.07, 6.45) is 2.86. The molecule has 0 aliphatic rings. The van der Waals surface area contributed by atoms with Crippen LogP contribution < -0.4 is 4.73 Å². The largest absolute Gasteiger partial charge is 0.618 e. The van der Waals surface area contributed by atoms with E-state index in [9.17, 15) is 5.21 Å². The highest BCUT2D eigenvalue weighted by molar-refractivity contribution is 5.50. The van der Waals surface area contributed by atoms with Gasteiger partial charge < -0.3 is 5.21 Å². The normalized spacial score (nSPS) is 9.53. The molecule has 0 saturated heterocycles. The number of nitriles is 1. The summed E-state index contributed by atoms with van der Waals surface area (Å²) >= 11 is 0. The molecule has 0 aliphatic carbocycles. The van der Waals surface area contributed by atoms with Crippen molar-refractivity contribution in [2.75, 3.05) is 0 Å². The molecule has 2 rings (SSSR count). The molecule has 4 nitrogen and oxygen atoms in total. The Morgan fingerprint density at radius 1 is 1.27 bits per heavy atom. The van der Waals surface area contributed by atoms with Gasteiger partial charge in [0, 0.05) is 12.3 Å². The molecule has 2 aromatic rings. The maximum Gasteiger partial charge on any atom is 0.242 e. The molecule has 72 valence electrons. The summed E-state index contributed by atoms with van der Waals surface area (Å²) in [5, 5.41) is 20.1. The molecule has 0 bridgehead atoms. The first-order valence-electron chi connectivity index (χ1n) is 4.36. The van der Waals surface area contributed by atoms with Gasteiger partial charge in [0.15, 0.2) is 6.20 Å². The first-order valence-corrected chi connectivity index (χ1v) is 4.36. The predicted molar refractivity (Wildman–Crippen MR) is 53.3 cm³/mol. The van der Waals surface area contributed by atoms with Crippen LogP contribution in [0.4, 0.5) is 0 Å². The van der Waals surface area contributed by atoms with Crippen LogP contribution in [0, 0.1) is 16.5 Å². The van der Waals surface area contributed by atoms with Gasteiger partial charge >= 0.3 is 0 Å². The van der Waals surface area contributed by atoms with Gasteiger partial charge in [-0.1, -0.05) is 6.07 Å². The summed E-state index contributed by atoms with van der Waals surface area (Å²) in [5.74, 6) is 0. The van der Waals surface area contributed by atoms with Gasteiger partial charge in [-0.25, -0.2) is 4.98 Å². The fraction of sp³-hybridized carbons (Fsp3) is 0. The van der Waals surface area contributed by atoms with E-state index in [4.69, 9.17) is 5.26 Å². The van der Waals surface area contributed by atoms with Crippen molar-refractivity contribution >= 4 is 0 Å². The van der Waals surface area contributed by atoms with Crippen LogP contribution >= 0.6 is 0 Å². The topological polar surface area (TPSA) is 63.6 Å². The lowest BCUT2D eigenvalue weighted by molar-refractivity contribution is -0.594. The molecule has 0 aliphatic heterocycles. The zero-order chi connectivity index (χ0) is 10.7. The standard InChI is InChI=1S/C11H7N3O/c12-7-9-4-5-11(14(15)8-9)10-3-1-2-6-13-10/h1-6,8H. The highest BCUT2D eigenvalue weighted by atomic mass is 16.5. The van der Waals surface area contributed by atoms with E-state index in [1.807, 2.05) is 6.07 Å². The van der Waals surface area contributed by atoms with Gasteiger partial charge in [0.2, 0.25) is 5.69 Å². The molecule has 15 heavy (non-hydrogen) atoms. The second kappa shape index (κ2) is 3.76. The average molecular weight is 197 g/mol. The quantitative estimate of drug-likeness (QED) is 0.510. The maximum absolute atomic E-state index is 11.5. The molecule has 0 N–H and O–H groups in total. The van der Waals surface area contributed by atoms with Crippen molar-refractivity contribution in [1.29, 1.82) is 5.26 Å². The van der Waals surface area contributed by atoms with Gasteiger partial charge in [0.1, 0.15) is 17.3 Å². The Bertz CT molecular complexity index is 517. The van der Waals surface area contributed by atoms with Crippen LogP contribution in [-0.4, -0.2) is 4.98 Å². The van der Waals surface area contributed by atoms with E-state index in [1.165, 1.54) is 6.20 Å². The molecule has 2 heterocycles. The molecule has 2 aromatic heterocycles. The lowest BCUT2D eigenvalue weighted by Crippen LogP contribution is -2.29. The van der Waals surface area contributed by atoms with E-state index in [2.05, 4.69) is 4.98 Å². The lowest BCUT2D eigenvalue weighted by Gasteiger charge is -2.02. The van der Waals surface area contributed by atoms with Crippen molar-refractivity contribution in [3.05, 3.63) is 53.5 Å². The molecule has 0 spiro atoms. The summed E-state index contributed by atoms with van der Waals surface area (Å²) < 4.78 is 0.654. The molecule has 0 radical (unpaired) electrons. The Labute approximate surface area is 86.6 Å². The predicted octanol–water partition coefficient (Wildman–Crippen LogP) is 1.25. The van der Waals surface area contributed by atoms with Crippen molar-refractivity contribution in [2.24, 2.45) is 0 Å². The summed E-state index contributed by atoms with van der Waals surface area (Å²) in [5.41, 5.74) is 1.37. The van der Waals surface area contributed by atoms with Gasteiger partial charge in [-0.3, -0.25) is 0 Å². The van der Waals surface area contributed by atoms with Crippen LogP contribution in [0.1, 0.15) is 5.56 Å². The van der Waals surface area contributed by atoms with Crippen molar-refractivity contribution in [1.82, 2.24) is 4.98 Å². The van der Waals surface area contributed by atoms with Crippen molar-refractivity contribution < 1.29 is 4.73 Å². The third-order valence-electron chi connectivity index (χ3n) is 1.97. The molecule has 0 amide bonds. The molecule has 0 fully saturated rings. The summed E-state index contributed by atoms with van der Waals surface area (Å²) in [4.78, 5) is 4.06. The lowest BCUT2D eigenvalue weighted by atomic mass is 10.2. The molecular formula is C11H7N3O. The van der Waals surface area contributed by atoms with Crippen molar-refractivity contribution in [3.8, 4) is 17.5 Å². The van der Waals surface area contributed by atoms with Crippen molar-refractivity contribution in [3.63, 3.8) is 0 Å². The Hall–Kier alpha value is -2.41. The van der Waals surface area contributed by atoms with Crippen LogP contribution in [0.5, 0.6) is 0 Å². The number of hydrogen-bond acceptors (Lipinski definition) is 3. The second-order valence-electron chi connectivity index (χ2n) is 2.96. The Balaban J connectivity index is 2.52. The van der Waals surface area contributed by atoms with Crippen LogP contribution in [0.25, 0.3) is 11.4 Å². The highest BCUT2D eigenvalue weighted by Crippen LogP contribution is 2.11. The SMILES string of the molecule is N#Cc1ccc(-c2ccccn2)[n+]([O-])c1. The highest BCUT2D eigenvalue weighted by Gasteiger charge is 2.09. The van der Waals surface area contributed by atoms with E-state index in [0.29, 0.717) is 21.7 Å². The number of pyridine rings is 2. The van der Waals surface area contributed by atoms with Gasteiger partial charge in [0.05, 0.1) is 0 Å².